The Kier molecular flexibility index (Phi) is 10.1. The van der Waals surface area contributed by atoms with Crippen molar-refractivity contribution in [2.24, 2.45) is 5.73 Å². The van der Waals surface area contributed by atoms with Crippen LogP contribution < -0.4 is 11.5 Å². The van der Waals surface area contributed by atoms with E-state index in [0.717, 1.165) is 32.9 Å². The number of hydrogen-bond donors (Lipinski definition) is 2. The van der Waals surface area contributed by atoms with Gasteiger partial charge in [-0.25, -0.2) is 19.5 Å². The first-order valence-electron chi connectivity index (χ1n) is 14.4. The van der Waals surface area contributed by atoms with Crippen LogP contribution in [0.1, 0.15) is 49.7 Å². The van der Waals surface area contributed by atoms with Crippen LogP contribution in [0.25, 0.3) is 0 Å². The number of anilines is 1. The minimum atomic E-state index is -1.37. The van der Waals surface area contributed by atoms with E-state index in [2.05, 4.69) is 4.98 Å². The lowest BCUT2D eigenvalue weighted by Crippen LogP contribution is -2.73. The molecule has 14 heteroatoms. The Bertz CT molecular complexity index is 1600. The Morgan fingerprint density at radius 3 is 2.22 bits per heavy atom. The Hall–Kier alpha value is -3.85. The van der Waals surface area contributed by atoms with Gasteiger partial charge in [0, 0.05) is 16.9 Å². The topological polar surface area (TPSA) is 158 Å². The first-order valence-corrected chi connectivity index (χ1v) is 17.7. The fourth-order valence-corrected chi connectivity index (χ4v) is 7.87. The van der Waals surface area contributed by atoms with Crippen LogP contribution in [-0.4, -0.2) is 73.4 Å². The SMILES string of the molecule is CSCC1=C(C(=O)OC(c2ccccc2)c2ccccc2)N2C(=O)C(N(C(=O)OC(C)(C)C)C(=O)C(N)c3csc(N)n3)[C@H]2SC1. The number of esters is 1. The highest BCUT2D eigenvalue weighted by Gasteiger charge is 2.59. The molecule has 3 aromatic rings. The minimum absolute atomic E-state index is 0.115. The van der Waals surface area contributed by atoms with E-state index in [1.165, 1.54) is 33.8 Å². The van der Waals surface area contributed by atoms with E-state index in [0.29, 0.717) is 11.5 Å². The third kappa shape index (κ3) is 6.94. The van der Waals surface area contributed by atoms with Gasteiger partial charge >= 0.3 is 12.1 Å². The maximum atomic E-state index is 14.1. The molecule has 0 spiro atoms. The van der Waals surface area contributed by atoms with Crippen molar-refractivity contribution in [2.75, 3.05) is 23.5 Å². The molecule has 1 aromatic heterocycles. The lowest BCUT2D eigenvalue weighted by atomic mass is 9.99. The number of carbonyl (C=O) groups excluding carboxylic acids is 4. The fraction of sp³-hybridized carbons (Fsp3) is 0.344. The second-order valence-corrected chi connectivity index (χ2v) is 14.5. The van der Waals surface area contributed by atoms with Gasteiger partial charge in [0.25, 0.3) is 11.8 Å². The molecular weight excluding hydrogens is 647 g/mol. The number of nitrogens with zero attached hydrogens (tertiary/aromatic N) is 3. The molecule has 2 unspecified atom stereocenters. The van der Waals surface area contributed by atoms with Gasteiger partial charge in [-0.3, -0.25) is 14.5 Å². The fourth-order valence-electron chi connectivity index (χ4n) is 5.16. The van der Waals surface area contributed by atoms with Gasteiger partial charge in [-0.2, -0.15) is 11.8 Å². The number of amides is 3. The Morgan fingerprint density at radius 2 is 1.70 bits per heavy atom. The third-order valence-corrected chi connectivity index (χ3v) is 9.85. The Morgan fingerprint density at radius 1 is 1.09 bits per heavy atom. The lowest BCUT2D eigenvalue weighted by molar-refractivity contribution is -0.161. The average molecular weight is 682 g/mol. The molecule has 0 saturated carbocycles. The monoisotopic (exact) mass is 681 g/mol. The minimum Gasteiger partial charge on any atom is -0.448 e. The second kappa shape index (κ2) is 13.9. The normalized spacial score (nSPS) is 18.5. The van der Waals surface area contributed by atoms with E-state index in [4.69, 9.17) is 20.9 Å². The van der Waals surface area contributed by atoms with Gasteiger partial charge in [-0.05, 0) is 43.7 Å². The van der Waals surface area contributed by atoms with Crippen molar-refractivity contribution >= 4 is 63.9 Å². The first kappa shape index (κ1) is 33.5. The van der Waals surface area contributed by atoms with Crippen LogP contribution in [0.2, 0.25) is 0 Å². The summed E-state index contributed by atoms with van der Waals surface area (Å²) in [6.45, 7) is 4.96. The predicted molar refractivity (Wildman–Crippen MR) is 180 cm³/mol. The van der Waals surface area contributed by atoms with Gasteiger partial charge in [0.1, 0.15) is 22.7 Å². The predicted octanol–water partition coefficient (Wildman–Crippen LogP) is 4.72. The van der Waals surface area contributed by atoms with E-state index >= 15 is 0 Å². The number of nitrogen functional groups attached to an aromatic ring is 1. The standard InChI is InChI=1S/C32H35N5O6S3/c1-32(2,3)43-31(41)37(26(38)22(33)21-17-46-30(34)35-21)24-27(39)36-23(20(15-44-4)16-45-28(24)36)29(40)42-25(18-11-7-5-8-12-18)19-13-9-6-10-14-19/h5-14,17,22,24-25,28H,15-16,33H2,1-4H3,(H2,34,35)/t22?,24?,28-/m1/s1. The molecule has 0 aliphatic carbocycles. The number of benzene rings is 2. The average Bonchev–Trinajstić information content (AvgIpc) is 3.47. The van der Waals surface area contributed by atoms with Crippen LogP contribution in [-0.2, 0) is 23.9 Å². The molecule has 1 fully saturated rings. The van der Waals surface area contributed by atoms with Gasteiger partial charge in [0.15, 0.2) is 17.3 Å². The van der Waals surface area contributed by atoms with Gasteiger partial charge in [0.05, 0.1) is 5.69 Å². The highest BCUT2D eigenvalue weighted by molar-refractivity contribution is 8.00. The number of rotatable bonds is 9. The van der Waals surface area contributed by atoms with Crippen molar-refractivity contribution in [3.05, 3.63) is 94.1 Å². The van der Waals surface area contributed by atoms with Gasteiger partial charge < -0.3 is 20.9 Å². The van der Waals surface area contributed by atoms with Crippen LogP contribution in [0, 0.1) is 0 Å². The largest absolute Gasteiger partial charge is 0.448 e. The molecule has 0 bridgehead atoms. The molecule has 5 rings (SSSR count). The molecule has 242 valence electrons. The second-order valence-electron chi connectivity index (χ2n) is 11.6. The zero-order chi connectivity index (χ0) is 33.2. The van der Waals surface area contributed by atoms with Crippen molar-refractivity contribution in [3.63, 3.8) is 0 Å². The summed E-state index contributed by atoms with van der Waals surface area (Å²) in [6.07, 6.45) is 0.146. The Labute approximate surface area is 279 Å². The zero-order valence-electron chi connectivity index (χ0n) is 25.7. The molecule has 4 N–H and O–H groups in total. The molecular formula is C32H35N5O6S3. The summed E-state index contributed by atoms with van der Waals surface area (Å²) in [7, 11) is 0. The summed E-state index contributed by atoms with van der Waals surface area (Å²) in [4.78, 5) is 61.7. The van der Waals surface area contributed by atoms with Gasteiger partial charge in [-0.15, -0.1) is 23.1 Å². The maximum Gasteiger partial charge on any atom is 0.417 e. The van der Waals surface area contributed by atoms with E-state index in [-0.39, 0.29) is 16.5 Å². The molecule has 2 aliphatic heterocycles. The molecule has 2 aromatic carbocycles. The summed E-state index contributed by atoms with van der Waals surface area (Å²) in [6, 6.07) is 16.0. The van der Waals surface area contributed by atoms with E-state index in [1.54, 1.807) is 20.8 Å². The molecule has 2 aliphatic rings. The van der Waals surface area contributed by atoms with E-state index in [1.807, 2.05) is 66.9 Å². The summed E-state index contributed by atoms with van der Waals surface area (Å²) >= 11 is 3.95. The smallest absolute Gasteiger partial charge is 0.417 e. The number of fused-ring (bicyclic) bond motifs is 1. The van der Waals surface area contributed by atoms with Crippen molar-refractivity contribution < 1.29 is 28.7 Å². The molecule has 46 heavy (non-hydrogen) atoms. The van der Waals surface area contributed by atoms with Crippen molar-refractivity contribution in [2.45, 2.75) is 49.9 Å². The highest BCUT2D eigenvalue weighted by Crippen LogP contribution is 2.45. The molecule has 11 nitrogen and oxygen atoms in total. The van der Waals surface area contributed by atoms with Crippen LogP contribution >= 0.6 is 34.9 Å². The molecule has 1 saturated heterocycles. The molecule has 0 radical (unpaired) electrons. The molecule has 3 atom stereocenters. The Balaban J connectivity index is 1.48. The van der Waals surface area contributed by atoms with E-state index < -0.39 is 53.0 Å². The van der Waals surface area contributed by atoms with Crippen molar-refractivity contribution in [1.29, 1.82) is 0 Å². The number of thioether (sulfide) groups is 2. The third-order valence-electron chi connectivity index (χ3n) is 7.19. The van der Waals surface area contributed by atoms with Crippen LogP contribution in [0.15, 0.2) is 77.3 Å². The number of carbonyl (C=O) groups is 4. The number of aromatic nitrogens is 1. The van der Waals surface area contributed by atoms with Crippen LogP contribution in [0.4, 0.5) is 9.93 Å². The van der Waals surface area contributed by atoms with E-state index in [9.17, 15) is 19.2 Å². The zero-order valence-corrected chi connectivity index (χ0v) is 28.2. The summed E-state index contributed by atoms with van der Waals surface area (Å²) in [5.41, 5.74) is 13.6. The van der Waals surface area contributed by atoms with Crippen molar-refractivity contribution in [1.82, 2.24) is 14.8 Å². The van der Waals surface area contributed by atoms with Crippen molar-refractivity contribution in [3.8, 4) is 0 Å². The van der Waals surface area contributed by atoms with Gasteiger partial charge in [0.2, 0.25) is 0 Å². The molecule has 3 heterocycles. The summed E-state index contributed by atoms with van der Waals surface area (Å²) in [5.74, 6) is -1.31. The molecule has 3 amide bonds. The lowest BCUT2D eigenvalue weighted by Gasteiger charge is -2.52. The number of hydrogen-bond acceptors (Lipinski definition) is 12. The van der Waals surface area contributed by atoms with Crippen LogP contribution in [0.3, 0.4) is 0 Å². The summed E-state index contributed by atoms with van der Waals surface area (Å²) < 4.78 is 11.7. The number of β-lactam (4-membered cyclic amide) rings is 1. The number of thiazole rings is 1. The highest BCUT2D eigenvalue weighted by atomic mass is 32.2. The number of nitrogens with two attached hydrogens (primary N) is 2. The maximum absolute atomic E-state index is 14.1. The van der Waals surface area contributed by atoms with Gasteiger partial charge in [-0.1, -0.05) is 60.7 Å². The first-order chi connectivity index (χ1) is 21.9. The number of ether oxygens (including phenoxy) is 2. The van der Waals surface area contributed by atoms with Crippen LogP contribution in [0.5, 0.6) is 0 Å². The quantitative estimate of drug-likeness (QED) is 0.238. The number of imide groups is 1. The summed E-state index contributed by atoms with van der Waals surface area (Å²) in [5, 5.41) is 0.961.